The first-order valence-electron chi connectivity index (χ1n) is 8.51. The second kappa shape index (κ2) is 5.40. The second-order valence-corrected chi connectivity index (χ2v) is 8.14. The molecule has 116 valence electrons. The van der Waals surface area contributed by atoms with E-state index in [0.717, 1.165) is 5.92 Å². The van der Waals surface area contributed by atoms with Gasteiger partial charge in [-0.1, -0.05) is 37.3 Å². The van der Waals surface area contributed by atoms with Gasteiger partial charge in [0, 0.05) is 29.1 Å². The van der Waals surface area contributed by atoms with Crippen molar-refractivity contribution in [2.75, 3.05) is 0 Å². The fraction of sp³-hybridized carbons (Fsp3) is 0.684. The van der Waals surface area contributed by atoms with Crippen LogP contribution in [0.1, 0.15) is 64.9 Å². The van der Waals surface area contributed by atoms with Crippen LogP contribution in [-0.4, -0.2) is 23.2 Å². The van der Waals surface area contributed by atoms with Crippen molar-refractivity contribution >= 4 is 0 Å². The molecule has 0 unspecified atom stereocenters. The van der Waals surface area contributed by atoms with Crippen LogP contribution in [0.25, 0.3) is 0 Å². The molecule has 2 fully saturated rings. The van der Waals surface area contributed by atoms with Crippen LogP contribution >= 0.6 is 0 Å². The molecule has 2 aliphatic rings. The minimum atomic E-state index is 0.215. The molecule has 2 saturated carbocycles. The van der Waals surface area contributed by atoms with Gasteiger partial charge in [-0.3, -0.25) is 0 Å². The first kappa shape index (κ1) is 15.1. The first-order chi connectivity index (χ1) is 9.91. The molecule has 0 saturated heterocycles. The summed E-state index contributed by atoms with van der Waals surface area (Å²) in [5.41, 5.74) is 2.09. The van der Waals surface area contributed by atoms with Gasteiger partial charge in [-0.25, -0.2) is 0 Å². The highest BCUT2D eigenvalue weighted by molar-refractivity contribution is 5.28. The van der Waals surface area contributed by atoms with Crippen LogP contribution in [0.4, 0.5) is 0 Å². The standard InChI is InChI=1S/C19H30N2/c1-5-19(21-18(2,3)4)12-15(13-19)20-17-11-16(17)14-9-7-6-8-10-14/h6-10,15-17,20-21H,5,11-13H2,1-4H3/t15-,16-,17+,19-/m0/s1. The van der Waals surface area contributed by atoms with Crippen molar-refractivity contribution in [2.24, 2.45) is 0 Å². The van der Waals surface area contributed by atoms with Crippen LogP contribution in [0.15, 0.2) is 30.3 Å². The number of hydrogen-bond donors (Lipinski definition) is 2. The molecule has 21 heavy (non-hydrogen) atoms. The monoisotopic (exact) mass is 286 g/mol. The Morgan fingerprint density at radius 1 is 1.14 bits per heavy atom. The highest BCUT2D eigenvalue weighted by atomic mass is 15.1. The Morgan fingerprint density at radius 3 is 2.38 bits per heavy atom. The third-order valence-corrected chi connectivity index (χ3v) is 5.06. The van der Waals surface area contributed by atoms with E-state index in [0.29, 0.717) is 17.6 Å². The van der Waals surface area contributed by atoms with Crippen LogP contribution in [0.2, 0.25) is 0 Å². The summed E-state index contributed by atoms with van der Waals surface area (Å²) < 4.78 is 0. The smallest absolute Gasteiger partial charge is 0.0213 e. The Hall–Kier alpha value is -0.860. The highest BCUT2D eigenvalue weighted by Crippen LogP contribution is 2.44. The fourth-order valence-corrected chi connectivity index (χ4v) is 4.03. The Labute approximate surface area is 129 Å². The molecule has 2 nitrogen and oxygen atoms in total. The summed E-state index contributed by atoms with van der Waals surface area (Å²) in [6.07, 6.45) is 5.10. The van der Waals surface area contributed by atoms with Gasteiger partial charge in [-0.05, 0) is 52.0 Å². The summed E-state index contributed by atoms with van der Waals surface area (Å²) in [6.45, 7) is 9.14. The zero-order chi connectivity index (χ0) is 15.1. The molecule has 2 aliphatic carbocycles. The van der Waals surface area contributed by atoms with Gasteiger partial charge in [-0.15, -0.1) is 0 Å². The number of nitrogens with one attached hydrogen (secondary N) is 2. The van der Waals surface area contributed by atoms with E-state index < -0.39 is 0 Å². The maximum Gasteiger partial charge on any atom is 0.0213 e. The molecule has 3 rings (SSSR count). The van der Waals surface area contributed by atoms with E-state index in [4.69, 9.17) is 0 Å². The van der Waals surface area contributed by atoms with Crippen LogP contribution in [-0.2, 0) is 0 Å². The van der Waals surface area contributed by atoms with Crippen molar-refractivity contribution in [3.8, 4) is 0 Å². The van der Waals surface area contributed by atoms with Crippen molar-refractivity contribution < 1.29 is 0 Å². The number of hydrogen-bond acceptors (Lipinski definition) is 2. The second-order valence-electron chi connectivity index (χ2n) is 8.14. The Balaban J connectivity index is 1.48. The molecule has 1 aromatic rings. The van der Waals surface area contributed by atoms with Gasteiger partial charge in [0.15, 0.2) is 0 Å². The molecule has 2 heteroatoms. The van der Waals surface area contributed by atoms with Gasteiger partial charge in [-0.2, -0.15) is 0 Å². The molecule has 0 amide bonds. The summed E-state index contributed by atoms with van der Waals surface area (Å²) >= 11 is 0. The van der Waals surface area contributed by atoms with Crippen molar-refractivity contribution in [3.63, 3.8) is 0 Å². The van der Waals surface area contributed by atoms with Gasteiger partial charge in [0.1, 0.15) is 0 Å². The molecular weight excluding hydrogens is 256 g/mol. The van der Waals surface area contributed by atoms with Gasteiger partial charge in [0.2, 0.25) is 0 Å². The molecule has 0 bridgehead atoms. The molecule has 2 atom stereocenters. The van der Waals surface area contributed by atoms with Crippen molar-refractivity contribution in [2.45, 2.75) is 82.5 Å². The third-order valence-electron chi connectivity index (χ3n) is 5.06. The van der Waals surface area contributed by atoms with E-state index in [9.17, 15) is 0 Å². The van der Waals surface area contributed by atoms with Crippen LogP contribution in [0.3, 0.4) is 0 Å². The van der Waals surface area contributed by atoms with Crippen molar-refractivity contribution in [1.29, 1.82) is 0 Å². The summed E-state index contributed by atoms with van der Waals surface area (Å²) in [5.74, 6) is 0.749. The van der Waals surface area contributed by atoms with Crippen LogP contribution in [0.5, 0.6) is 0 Å². The van der Waals surface area contributed by atoms with Gasteiger partial charge < -0.3 is 10.6 Å². The zero-order valence-corrected chi connectivity index (χ0v) is 13.9. The van der Waals surface area contributed by atoms with E-state index in [2.05, 4.69) is 68.7 Å². The molecule has 0 radical (unpaired) electrons. The summed E-state index contributed by atoms with van der Waals surface area (Å²) in [6, 6.07) is 12.4. The zero-order valence-electron chi connectivity index (χ0n) is 13.9. The van der Waals surface area contributed by atoms with Crippen LogP contribution in [0, 0.1) is 0 Å². The largest absolute Gasteiger partial charge is 0.310 e. The maximum absolute atomic E-state index is 3.87. The minimum absolute atomic E-state index is 0.215. The first-order valence-corrected chi connectivity index (χ1v) is 8.51. The lowest BCUT2D eigenvalue weighted by Gasteiger charge is -2.52. The molecule has 0 spiro atoms. The maximum atomic E-state index is 3.87. The minimum Gasteiger partial charge on any atom is -0.310 e. The van der Waals surface area contributed by atoms with Crippen LogP contribution < -0.4 is 10.6 Å². The predicted molar refractivity (Wildman–Crippen MR) is 89.7 cm³/mol. The molecule has 0 aromatic heterocycles. The fourth-order valence-electron chi connectivity index (χ4n) is 4.03. The molecular formula is C19H30N2. The topological polar surface area (TPSA) is 24.1 Å². The lowest BCUT2D eigenvalue weighted by atomic mass is 9.69. The van der Waals surface area contributed by atoms with Crippen molar-refractivity contribution in [1.82, 2.24) is 10.6 Å². The lowest BCUT2D eigenvalue weighted by Crippen LogP contribution is -2.65. The molecule has 0 aliphatic heterocycles. The normalized spacial score (nSPS) is 35.3. The summed E-state index contributed by atoms with van der Waals surface area (Å²) in [4.78, 5) is 0. The summed E-state index contributed by atoms with van der Waals surface area (Å²) in [7, 11) is 0. The van der Waals surface area contributed by atoms with E-state index >= 15 is 0 Å². The average Bonchev–Trinajstić information content (AvgIpc) is 3.15. The van der Waals surface area contributed by atoms with E-state index in [1.54, 1.807) is 0 Å². The predicted octanol–water partition coefficient (Wildman–Crippen LogP) is 3.83. The Morgan fingerprint density at radius 2 is 1.81 bits per heavy atom. The average molecular weight is 286 g/mol. The van der Waals surface area contributed by atoms with Gasteiger partial charge >= 0.3 is 0 Å². The highest BCUT2D eigenvalue weighted by Gasteiger charge is 2.48. The van der Waals surface area contributed by atoms with Crippen molar-refractivity contribution in [3.05, 3.63) is 35.9 Å². The van der Waals surface area contributed by atoms with Gasteiger partial charge in [0.25, 0.3) is 0 Å². The van der Waals surface area contributed by atoms with E-state index in [1.165, 1.54) is 31.2 Å². The Kier molecular flexibility index (Phi) is 3.87. The number of rotatable bonds is 5. The Bertz CT molecular complexity index is 468. The van der Waals surface area contributed by atoms with E-state index in [-0.39, 0.29) is 5.54 Å². The number of benzene rings is 1. The quantitative estimate of drug-likeness (QED) is 0.859. The summed E-state index contributed by atoms with van der Waals surface area (Å²) in [5, 5.41) is 7.72. The molecule has 2 N–H and O–H groups in total. The SMILES string of the molecule is CC[C@]1(NC(C)(C)C)C[C@H](N[C@@H]2C[C@H]2c2ccccc2)C1. The molecule has 1 aromatic carbocycles. The molecule has 0 heterocycles. The van der Waals surface area contributed by atoms with Gasteiger partial charge in [0.05, 0.1) is 0 Å². The van der Waals surface area contributed by atoms with E-state index in [1.807, 2.05) is 0 Å². The lowest BCUT2D eigenvalue weighted by molar-refractivity contribution is 0.0918. The third kappa shape index (κ3) is 3.49.